The molecule has 104 valence electrons. The number of hydrogen-bond donors (Lipinski definition) is 1. The zero-order valence-corrected chi connectivity index (χ0v) is 11.6. The summed E-state index contributed by atoms with van der Waals surface area (Å²) in [5, 5.41) is 3.48. The molecule has 1 fully saturated rings. The van der Waals surface area contributed by atoms with Gasteiger partial charge in [-0.3, -0.25) is 4.79 Å². The molecule has 1 aromatic carbocycles. The lowest BCUT2D eigenvalue weighted by Crippen LogP contribution is -2.17. The first-order valence-electron chi connectivity index (χ1n) is 6.72. The van der Waals surface area contributed by atoms with Gasteiger partial charge in [-0.05, 0) is 25.3 Å². The summed E-state index contributed by atoms with van der Waals surface area (Å²) in [4.78, 5) is 11.1. The molecule has 1 aliphatic carbocycles. The molecule has 4 nitrogen and oxygen atoms in total. The second kappa shape index (κ2) is 6.57. The average Bonchev–Trinajstić information content (AvgIpc) is 3.22. The number of carbonyl (C=O) groups is 1. The van der Waals surface area contributed by atoms with Crippen LogP contribution in [-0.2, 0) is 16.1 Å². The van der Waals surface area contributed by atoms with Crippen molar-refractivity contribution < 1.29 is 14.3 Å². The van der Waals surface area contributed by atoms with Crippen molar-refractivity contribution >= 4 is 5.97 Å². The molecule has 1 aliphatic rings. The third kappa shape index (κ3) is 4.24. The van der Waals surface area contributed by atoms with Gasteiger partial charge in [0.25, 0.3) is 0 Å². The molecule has 0 unspecified atom stereocenters. The lowest BCUT2D eigenvalue weighted by molar-refractivity contribution is -0.141. The Bertz CT molecular complexity index is 441. The summed E-state index contributed by atoms with van der Waals surface area (Å²) in [6, 6.07) is 6.79. The molecule has 0 radical (unpaired) electrons. The Morgan fingerprint density at radius 3 is 2.89 bits per heavy atom. The van der Waals surface area contributed by atoms with E-state index in [4.69, 9.17) is 4.74 Å². The van der Waals surface area contributed by atoms with Crippen molar-refractivity contribution in [3.8, 4) is 5.75 Å². The van der Waals surface area contributed by atoms with Gasteiger partial charge >= 0.3 is 5.97 Å². The van der Waals surface area contributed by atoms with Crippen LogP contribution in [0.15, 0.2) is 18.2 Å². The first-order valence-corrected chi connectivity index (χ1v) is 6.72. The molecule has 0 heterocycles. The van der Waals surface area contributed by atoms with Crippen LogP contribution < -0.4 is 10.1 Å². The number of rotatable bonds is 7. The minimum Gasteiger partial charge on any atom is -0.492 e. The van der Waals surface area contributed by atoms with E-state index in [1.807, 2.05) is 19.1 Å². The van der Waals surface area contributed by atoms with Crippen molar-refractivity contribution in [3.63, 3.8) is 0 Å². The molecule has 0 aliphatic heterocycles. The Kier molecular flexibility index (Phi) is 4.80. The summed E-state index contributed by atoms with van der Waals surface area (Å²) in [5.41, 5.74) is 2.25. The predicted molar refractivity (Wildman–Crippen MR) is 73.2 cm³/mol. The quantitative estimate of drug-likeness (QED) is 0.766. The van der Waals surface area contributed by atoms with Crippen LogP contribution in [0.25, 0.3) is 0 Å². The molecule has 0 spiro atoms. The molecule has 2 rings (SSSR count). The van der Waals surface area contributed by atoms with Crippen molar-refractivity contribution in [2.24, 2.45) is 0 Å². The van der Waals surface area contributed by atoms with Crippen LogP contribution >= 0.6 is 0 Å². The smallest absolute Gasteiger partial charge is 0.308 e. The van der Waals surface area contributed by atoms with E-state index in [1.165, 1.54) is 20.0 Å². The van der Waals surface area contributed by atoms with Crippen molar-refractivity contribution in [3.05, 3.63) is 29.3 Å². The fourth-order valence-electron chi connectivity index (χ4n) is 1.94. The SMILES string of the molecule is COC(=O)CCOc1c(C)cccc1CNC1CC1. The minimum absolute atomic E-state index is 0.244. The second-order valence-electron chi connectivity index (χ2n) is 4.89. The second-order valence-corrected chi connectivity index (χ2v) is 4.89. The molecule has 0 atom stereocenters. The summed E-state index contributed by atoms with van der Waals surface area (Å²) in [6.07, 6.45) is 2.81. The van der Waals surface area contributed by atoms with E-state index in [1.54, 1.807) is 0 Å². The maximum atomic E-state index is 11.1. The van der Waals surface area contributed by atoms with E-state index in [2.05, 4.69) is 16.1 Å². The van der Waals surface area contributed by atoms with E-state index in [0.717, 1.165) is 23.4 Å². The van der Waals surface area contributed by atoms with Crippen LogP contribution in [0, 0.1) is 6.92 Å². The molecule has 0 saturated heterocycles. The number of esters is 1. The van der Waals surface area contributed by atoms with Gasteiger partial charge in [0, 0.05) is 18.2 Å². The number of nitrogens with one attached hydrogen (secondary N) is 1. The molecular formula is C15H21NO3. The molecule has 19 heavy (non-hydrogen) atoms. The maximum absolute atomic E-state index is 11.1. The summed E-state index contributed by atoms with van der Waals surface area (Å²) < 4.78 is 10.4. The molecule has 0 aromatic heterocycles. The number of hydrogen-bond acceptors (Lipinski definition) is 4. The molecule has 0 amide bonds. The van der Waals surface area contributed by atoms with E-state index >= 15 is 0 Å². The zero-order valence-electron chi connectivity index (χ0n) is 11.6. The highest BCUT2D eigenvalue weighted by atomic mass is 16.5. The standard InChI is InChI=1S/C15H21NO3/c1-11-4-3-5-12(10-16-13-6-7-13)15(11)19-9-8-14(17)18-2/h3-5,13,16H,6-10H2,1-2H3. The van der Waals surface area contributed by atoms with Crippen molar-refractivity contribution in [1.82, 2.24) is 5.32 Å². The molecule has 1 saturated carbocycles. The molecule has 4 heteroatoms. The Hall–Kier alpha value is -1.55. The largest absolute Gasteiger partial charge is 0.492 e. The number of benzene rings is 1. The Labute approximate surface area is 114 Å². The topological polar surface area (TPSA) is 47.6 Å². The fraction of sp³-hybridized carbons (Fsp3) is 0.533. The highest BCUT2D eigenvalue weighted by Crippen LogP contribution is 2.25. The third-order valence-electron chi connectivity index (χ3n) is 3.23. The Morgan fingerprint density at radius 2 is 2.21 bits per heavy atom. The summed E-state index contributed by atoms with van der Waals surface area (Å²) >= 11 is 0. The predicted octanol–water partition coefficient (Wildman–Crippen LogP) is 2.19. The highest BCUT2D eigenvalue weighted by Gasteiger charge is 2.20. The van der Waals surface area contributed by atoms with Gasteiger partial charge in [0.15, 0.2) is 0 Å². The van der Waals surface area contributed by atoms with Crippen molar-refractivity contribution in [1.29, 1.82) is 0 Å². The van der Waals surface area contributed by atoms with Crippen molar-refractivity contribution in [2.45, 2.75) is 38.8 Å². The number of aryl methyl sites for hydroxylation is 1. The van der Waals surface area contributed by atoms with Gasteiger partial charge in [0.1, 0.15) is 5.75 Å². The number of carbonyl (C=O) groups excluding carboxylic acids is 1. The van der Waals surface area contributed by atoms with Crippen molar-refractivity contribution in [2.75, 3.05) is 13.7 Å². The van der Waals surface area contributed by atoms with Gasteiger partial charge in [-0.2, -0.15) is 0 Å². The van der Waals surface area contributed by atoms with Gasteiger partial charge in [-0.1, -0.05) is 18.2 Å². The first kappa shape index (κ1) is 13.9. The van der Waals surface area contributed by atoms with Gasteiger partial charge in [-0.15, -0.1) is 0 Å². The van der Waals surface area contributed by atoms with Gasteiger partial charge in [0.2, 0.25) is 0 Å². The molecular weight excluding hydrogens is 242 g/mol. The summed E-state index contributed by atoms with van der Waals surface area (Å²) in [6.45, 7) is 3.20. The Balaban J connectivity index is 1.93. The minimum atomic E-state index is -0.244. The van der Waals surface area contributed by atoms with Crippen LogP contribution in [-0.4, -0.2) is 25.7 Å². The van der Waals surface area contributed by atoms with E-state index in [0.29, 0.717) is 12.6 Å². The molecule has 0 bridgehead atoms. The Morgan fingerprint density at radius 1 is 1.42 bits per heavy atom. The van der Waals surface area contributed by atoms with Crippen LogP contribution in [0.2, 0.25) is 0 Å². The van der Waals surface area contributed by atoms with E-state index in [-0.39, 0.29) is 12.4 Å². The zero-order chi connectivity index (χ0) is 13.7. The van der Waals surface area contributed by atoms with Crippen LogP contribution in [0.5, 0.6) is 5.75 Å². The van der Waals surface area contributed by atoms with Gasteiger partial charge < -0.3 is 14.8 Å². The fourth-order valence-corrected chi connectivity index (χ4v) is 1.94. The van der Waals surface area contributed by atoms with Crippen LogP contribution in [0.1, 0.15) is 30.4 Å². The summed E-state index contributed by atoms with van der Waals surface area (Å²) in [7, 11) is 1.39. The van der Waals surface area contributed by atoms with Gasteiger partial charge in [0.05, 0.1) is 20.1 Å². The monoisotopic (exact) mass is 263 g/mol. The normalized spacial score (nSPS) is 14.2. The first-order chi connectivity index (χ1) is 9.20. The van der Waals surface area contributed by atoms with Crippen LogP contribution in [0.3, 0.4) is 0 Å². The van der Waals surface area contributed by atoms with E-state index in [9.17, 15) is 4.79 Å². The summed E-state index contributed by atoms with van der Waals surface area (Å²) in [5.74, 6) is 0.644. The van der Waals surface area contributed by atoms with Gasteiger partial charge in [-0.25, -0.2) is 0 Å². The average molecular weight is 263 g/mol. The lowest BCUT2D eigenvalue weighted by atomic mass is 10.1. The molecule has 1 aromatic rings. The number of para-hydroxylation sites is 1. The lowest BCUT2D eigenvalue weighted by Gasteiger charge is -2.14. The number of methoxy groups -OCH3 is 1. The molecule has 1 N–H and O–H groups in total. The number of ether oxygens (including phenoxy) is 2. The van der Waals surface area contributed by atoms with Crippen LogP contribution in [0.4, 0.5) is 0 Å². The highest BCUT2D eigenvalue weighted by molar-refractivity contribution is 5.69. The van der Waals surface area contributed by atoms with E-state index < -0.39 is 0 Å². The third-order valence-corrected chi connectivity index (χ3v) is 3.23. The maximum Gasteiger partial charge on any atom is 0.308 e.